The Bertz CT molecular complexity index is 242. The molecule has 0 aromatic rings. The summed E-state index contributed by atoms with van der Waals surface area (Å²) in [7, 11) is 2.84. The molecule has 6 nitrogen and oxygen atoms in total. The summed E-state index contributed by atoms with van der Waals surface area (Å²) in [4.78, 5) is 26.6. The molecule has 2 amide bonds. The molecule has 0 aliphatic rings. The molecule has 1 atom stereocenters. The fourth-order valence-corrected chi connectivity index (χ4v) is 1.03. The molecule has 0 aromatic heterocycles. The smallest absolute Gasteiger partial charge is 0.404 e. The minimum Gasteiger partial charge on any atom is -0.465 e. The molecule has 15 heavy (non-hydrogen) atoms. The molecular formula is C9H16N2O4. The third kappa shape index (κ3) is 5.02. The van der Waals surface area contributed by atoms with Crippen LogP contribution in [0.3, 0.4) is 0 Å². The first kappa shape index (κ1) is 13.4. The molecule has 0 aliphatic heterocycles. The Morgan fingerprint density at radius 2 is 2.27 bits per heavy atom. The molecule has 0 saturated heterocycles. The molecule has 0 bridgehead atoms. The van der Waals surface area contributed by atoms with Crippen molar-refractivity contribution in [2.75, 3.05) is 20.7 Å². The largest absolute Gasteiger partial charge is 0.465 e. The second-order valence-corrected chi connectivity index (χ2v) is 2.93. The summed E-state index contributed by atoms with van der Waals surface area (Å²) >= 11 is 0. The lowest BCUT2D eigenvalue weighted by Crippen LogP contribution is -2.38. The van der Waals surface area contributed by atoms with Crippen molar-refractivity contribution in [3.05, 3.63) is 12.7 Å². The van der Waals surface area contributed by atoms with Gasteiger partial charge in [0.05, 0.1) is 13.0 Å². The standard InChI is InChI=1S/C9H16N2O4/c1-4-5-7(6-10-9(13)14)8(12)11(2)15-3/h4,7,10H,1,5-6H2,2-3H3,(H,13,14)/t7-/m1/s1. The number of hydrogen-bond donors (Lipinski definition) is 2. The lowest BCUT2D eigenvalue weighted by atomic mass is 10.0. The second-order valence-electron chi connectivity index (χ2n) is 2.93. The summed E-state index contributed by atoms with van der Waals surface area (Å²) in [6, 6.07) is 0. The van der Waals surface area contributed by atoms with Crippen LogP contribution in [0, 0.1) is 5.92 Å². The van der Waals surface area contributed by atoms with Crippen LogP contribution in [0.1, 0.15) is 6.42 Å². The molecule has 2 N–H and O–H groups in total. The second kappa shape index (κ2) is 6.83. The molecule has 0 rings (SSSR count). The van der Waals surface area contributed by atoms with E-state index in [4.69, 9.17) is 9.94 Å². The van der Waals surface area contributed by atoms with Crippen LogP contribution in [0.5, 0.6) is 0 Å². The van der Waals surface area contributed by atoms with Crippen LogP contribution in [0.4, 0.5) is 4.79 Å². The van der Waals surface area contributed by atoms with Crippen LogP contribution in [-0.4, -0.2) is 42.9 Å². The number of hydroxylamine groups is 2. The van der Waals surface area contributed by atoms with Gasteiger partial charge in [0.2, 0.25) is 0 Å². The highest BCUT2D eigenvalue weighted by Crippen LogP contribution is 2.06. The monoisotopic (exact) mass is 216 g/mol. The Hall–Kier alpha value is -1.56. The highest BCUT2D eigenvalue weighted by Gasteiger charge is 2.21. The highest BCUT2D eigenvalue weighted by molar-refractivity contribution is 5.78. The fourth-order valence-electron chi connectivity index (χ4n) is 1.03. The summed E-state index contributed by atoms with van der Waals surface area (Å²) in [5, 5.41) is 11.6. The number of carbonyl (C=O) groups is 2. The maximum absolute atomic E-state index is 11.6. The van der Waals surface area contributed by atoms with Gasteiger partial charge in [0.25, 0.3) is 5.91 Å². The average Bonchev–Trinajstić information content (AvgIpc) is 2.21. The van der Waals surface area contributed by atoms with E-state index in [2.05, 4.69) is 11.9 Å². The number of rotatable bonds is 6. The molecule has 0 spiro atoms. The molecule has 86 valence electrons. The Morgan fingerprint density at radius 1 is 1.67 bits per heavy atom. The zero-order chi connectivity index (χ0) is 11.8. The summed E-state index contributed by atoms with van der Waals surface area (Å²) in [6.45, 7) is 3.56. The number of nitrogens with one attached hydrogen (secondary N) is 1. The van der Waals surface area contributed by atoms with E-state index in [-0.39, 0.29) is 12.5 Å². The van der Waals surface area contributed by atoms with Crippen molar-refractivity contribution >= 4 is 12.0 Å². The molecule has 0 fully saturated rings. The predicted octanol–water partition coefficient (Wildman–Crippen LogP) is 0.466. The van der Waals surface area contributed by atoms with Gasteiger partial charge >= 0.3 is 6.09 Å². The van der Waals surface area contributed by atoms with Crippen molar-refractivity contribution < 1.29 is 19.5 Å². The minimum atomic E-state index is -1.16. The Balaban J connectivity index is 4.30. The fraction of sp³-hybridized carbons (Fsp3) is 0.556. The van der Waals surface area contributed by atoms with E-state index in [1.807, 2.05) is 0 Å². The van der Waals surface area contributed by atoms with Crippen molar-refractivity contribution in [2.24, 2.45) is 5.92 Å². The Morgan fingerprint density at radius 3 is 2.67 bits per heavy atom. The van der Waals surface area contributed by atoms with Gasteiger partial charge in [0, 0.05) is 13.6 Å². The van der Waals surface area contributed by atoms with Crippen LogP contribution >= 0.6 is 0 Å². The van der Waals surface area contributed by atoms with E-state index in [1.165, 1.54) is 14.2 Å². The maximum atomic E-state index is 11.6. The first-order chi connectivity index (χ1) is 7.02. The number of amides is 2. The van der Waals surface area contributed by atoms with E-state index in [1.54, 1.807) is 6.08 Å². The third-order valence-electron chi connectivity index (χ3n) is 1.88. The van der Waals surface area contributed by atoms with Gasteiger partial charge in [-0.15, -0.1) is 6.58 Å². The van der Waals surface area contributed by atoms with Crippen LogP contribution < -0.4 is 5.32 Å². The number of carbonyl (C=O) groups excluding carboxylic acids is 1. The van der Waals surface area contributed by atoms with Crippen LogP contribution in [0.2, 0.25) is 0 Å². The molecular weight excluding hydrogens is 200 g/mol. The highest BCUT2D eigenvalue weighted by atomic mass is 16.7. The summed E-state index contributed by atoms with van der Waals surface area (Å²) in [5.41, 5.74) is 0. The maximum Gasteiger partial charge on any atom is 0.404 e. The molecule has 0 aliphatic carbocycles. The number of carboxylic acid groups (broad SMARTS) is 1. The van der Waals surface area contributed by atoms with E-state index in [0.717, 1.165) is 5.06 Å². The van der Waals surface area contributed by atoms with Crippen molar-refractivity contribution in [3.63, 3.8) is 0 Å². The Kier molecular flexibility index (Phi) is 6.12. The summed E-state index contributed by atoms with van der Waals surface area (Å²) in [6.07, 6.45) is 0.805. The number of hydrogen-bond acceptors (Lipinski definition) is 3. The van der Waals surface area contributed by atoms with Gasteiger partial charge in [-0.05, 0) is 6.42 Å². The molecule has 6 heteroatoms. The van der Waals surface area contributed by atoms with Gasteiger partial charge < -0.3 is 10.4 Å². The van der Waals surface area contributed by atoms with Crippen molar-refractivity contribution in [1.82, 2.24) is 10.4 Å². The van der Waals surface area contributed by atoms with Crippen LogP contribution in [0.25, 0.3) is 0 Å². The topological polar surface area (TPSA) is 78.9 Å². The zero-order valence-corrected chi connectivity index (χ0v) is 8.90. The zero-order valence-electron chi connectivity index (χ0n) is 8.90. The summed E-state index contributed by atoms with van der Waals surface area (Å²) in [5.74, 6) is -0.769. The molecule has 0 heterocycles. The molecule has 0 unspecified atom stereocenters. The average molecular weight is 216 g/mol. The molecule has 0 aromatic carbocycles. The lowest BCUT2D eigenvalue weighted by Gasteiger charge is -2.20. The van der Waals surface area contributed by atoms with Crippen molar-refractivity contribution in [2.45, 2.75) is 6.42 Å². The SMILES string of the molecule is C=CC[C@H](CNC(=O)O)C(=O)N(C)OC. The first-order valence-corrected chi connectivity index (χ1v) is 4.42. The van der Waals surface area contributed by atoms with Gasteiger partial charge in [0.15, 0.2) is 0 Å². The molecule has 0 saturated carbocycles. The number of nitrogens with zero attached hydrogens (tertiary/aromatic N) is 1. The van der Waals surface area contributed by atoms with Crippen molar-refractivity contribution in [1.29, 1.82) is 0 Å². The quantitative estimate of drug-likeness (QED) is 0.499. The molecule has 0 radical (unpaired) electrons. The third-order valence-corrected chi connectivity index (χ3v) is 1.88. The van der Waals surface area contributed by atoms with Gasteiger partial charge in [-0.25, -0.2) is 9.86 Å². The number of allylic oxidation sites excluding steroid dienone is 1. The van der Waals surface area contributed by atoms with E-state index in [0.29, 0.717) is 6.42 Å². The summed E-state index contributed by atoms with van der Waals surface area (Å²) < 4.78 is 0. The van der Waals surface area contributed by atoms with Crippen molar-refractivity contribution in [3.8, 4) is 0 Å². The van der Waals surface area contributed by atoms with Gasteiger partial charge in [-0.2, -0.15) is 0 Å². The predicted molar refractivity (Wildman–Crippen MR) is 54.1 cm³/mol. The van der Waals surface area contributed by atoms with Gasteiger partial charge in [-0.3, -0.25) is 9.63 Å². The lowest BCUT2D eigenvalue weighted by molar-refractivity contribution is -0.173. The van der Waals surface area contributed by atoms with Gasteiger partial charge in [-0.1, -0.05) is 6.08 Å². The Labute approximate surface area is 88.5 Å². The van der Waals surface area contributed by atoms with E-state index < -0.39 is 12.0 Å². The normalized spacial score (nSPS) is 11.6. The van der Waals surface area contributed by atoms with Crippen LogP contribution in [-0.2, 0) is 9.63 Å². The minimum absolute atomic E-state index is 0.0495. The first-order valence-electron chi connectivity index (χ1n) is 4.42. The van der Waals surface area contributed by atoms with Crippen LogP contribution in [0.15, 0.2) is 12.7 Å². The van der Waals surface area contributed by atoms with E-state index >= 15 is 0 Å². The van der Waals surface area contributed by atoms with E-state index in [9.17, 15) is 9.59 Å². The van der Waals surface area contributed by atoms with Gasteiger partial charge in [0.1, 0.15) is 0 Å².